The maximum Gasteiger partial charge on any atom is 0.314 e. The molecule has 0 saturated carbocycles. The Kier molecular flexibility index (Phi) is 7.13. The Morgan fingerprint density at radius 3 is 2.40 bits per heavy atom. The lowest BCUT2D eigenvalue weighted by atomic mass is 9.97. The fourth-order valence-electron chi connectivity index (χ4n) is 0.981. The third-order valence-corrected chi connectivity index (χ3v) is 1.84. The van der Waals surface area contributed by atoms with Gasteiger partial charge < -0.3 is 15.4 Å². The Balaban J connectivity index is 3.34. The van der Waals surface area contributed by atoms with Crippen molar-refractivity contribution in [2.45, 2.75) is 33.6 Å². The smallest absolute Gasteiger partial charge is 0.314 e. The molecule has 0 radical (unpaired) electrons. The van der Waals surface area contributed by atoms with Gasteiger partial charge in [0.1, 0.15) is 0 Å². The largest absolute Gasteiger partial charge is 0.385 e. The summed E-state index contributed by atoms with van der Waals surface area (Å²) in [5.41, 5.74) is 0.132. The van der Waals surface area contributed by atoms with Crippen molar-refractivity contribution in [3.05, 3.63) is 0 Å². The van der Waals surface area contributed by atoms with Gasteiger partial charge in [0.25, 0.3) is 0 Å². The molecule has 0 aliphatic rings. The van der Waals surface area contributed by atoms with Crippen molar-refractivity contribution in [3.8, 4) is 0 Å². The highest BCUT2D eigenvalue weighted by Gasteiger charge is 2.10. The van der Waals surface area contributed by atoms with Crippen LogP contribution in [0.4, 0.5) is 4.79 Å². The van der Waals surface area contributed by atoms with Gasteiger partial charge in [0, 0.05) is 26.8 Å². The standard InChI is InChI=1S/C11H24N2O2/c1-11(2,3)9-13-10(14)12-7-5-6-8-15-4/h5-9H2,1-4H3,(H2,12,13,14). The number of ether oxygens (including phenoxy) is 1. The van der Waals surface area contributed by atoms with E-state index in [0.29, 0.717) is 13.1 Å². The van der Waals surface area contributed by atoms with Crippen LogP contribution in [0, 0.1) is 5.41 Å². The second-order valence-electron chi connectivity index (χ2n) is 4.87. The Hall–Kier alpha value is -0.770. The molecule has 0 bridgehead atoms. The van der Waals surface area contributed by atoms with Crippen LogP contribution in [0.2, 0.25) is 0 Å². The van der Waals surface area contributed by atoms with E-state index < -0.39 is 0 Å². The molecule has 4 heteroatoms. The third-order valence-electron chi connectivity index (χ3n) is 1.84. The summed E-state index contributed by atoms with van der Waals surface area (Å²) in [7, 11) is 1.68. The molecule has 0 saturated heterocycles. The summed E-state index contributed by atoms with van der Waals surface area (Å²) in [6, 6.07) is -0.0812. The highest BCUT2D eigenvalue weighted by molar-refractivity contribution is 5.73. The van der Waals surface area contributed by atoms with Crippen molar-refractivity contribution >= 4 is 6.03 Å². The molecule has 0 rings (SSSR count). The molecule has 0 spiro atoms. The van der Waals surface area contributed by atoms with Gasteiger partial charge in [0.2, 0.25) is 0 Å². The second-order valence-corrected chi connectivity index (χ2v) is 4.87. The molecule has 0 atom stereocenters. The van der Waals surface area contributed by atoms with Gasteiger partial charge in [-0.05, 0) is 18.3 Å². The van der Waals surface area contributed by atoms with E-state index in [1.54, 1.807) is 7.11 Å². The van der Waals surface area contributed by atoms with Gasteiger partial charge in [-0.3, -0.25) is 0 Å². The number of amides is 2. The molecule has 0 aromatic rings. The molecule has 2 N–H and O–H groups in total. The molecule has 0 aromatic heterocycles. The van der Waals surface area contributed by atoms with E-state index in [1.165, 1.54) is 0 Å². The topological polar surface area (TPSA) is 50.4 Å². The van der Waals surface area contributed by atoms with Crippen molar-refractivity contribution in [3.63, 3.8) is 0 Å². The summed E-state index contributed by atoms with van der Waals surface area (Å²) in [5, 5.41) is 5.64. The minimum Gasteiger partial charge on any atom is -0.385 e. The fourth-order valence-corrected chi connectivity index (χ4v) is 0.981. The minimum atomic E-state index is -0.0812. The predicted molar refractivity (Wildman–Crippen MR) is 62.0 cm³/mol. The van der Waals surface area contributed by atoms with Gasteiger partial charge in [-0.25, -0.2) is 4.79 Å². The quantitative estimate of drug-likeness (QED) is 0.665. The third kappa shape index (κ3) is 11.2. The zero-order valence-corrected chi connectivity index (χ0v) is 10.4. The summed E-state index contributed by atoms with van der Waals surface area (Å²) < 4.78 is 4.91. The minimum absolute atomic E-state index is 0.0812. The number of hydrogen-bond donors (Lipinski definition) is 2. The van der Waals surface area contributed by atoms with E-state index >= 15 is 0 Å². The first kappa shape index (κ1) is 14.2. The van der Waals surface area contributed by atoms with Crippen LogP contribution < -0.4 is 10.6 Å². The molecule has 0 aliphatic heterocycles. The summed E-state index contributed by atoms with van der Waals surface area (Å²) in [4.78, 5) is 11.3. The normalized spacial score (nSPS) is 11.2. The van der Waals surface area contributed by atoms with Gasteiger partial charge >= 0.3 is 6.03 Å². The summed E-state index contributed by atoms with van der Waals surface area (Å²) in [6.07, 6.45) is 1.94. The van der Waals surface area contributed by atoms with Crippen LogP contribution in [0.15, 0.2) is 0 Å². The average Bonchev–Trinajstić information content (AvgIpc) is 2.13. The van der Waals surface area contributed by atoms with E-state index in [9.17, 15) is 4.79 Å². The first-order valence-corrected chi connectivity index (χ1v) is 5.46. The Labute approximate surface area is 92.8 Å². The molecule has 0 unspecified atom stereocenters. The van der Waals surface area contributed by atoms with E-state index in [2.05, 4.69) is 31.4 Å². The molecule has 90 valence electrons. The fraction of sp³-hybridized carbons (Fsp3) is 0.909. The highest BCUT2D eigenvalue weighted by atomic mass is 16.5. The number of carbonyl (C=O) groups is 1. The van der Waals surface area contributed by atoms with Crippen LogP contribution in [0.25, 0.3) is 0 Å². The lowest BCUT2D eigenvalue weighted by molar-refractivity contribution is 0.192. The number of unbranched alkanes of at least 4 members (excludes halogenated alkanes) is 1. The summed E-state index contributed by atoms with van der Waals surface area (Å²) in [6.45, 7) is 8.42. The monoisotopic (exact) mass is 216 g/mol. The number of urea groups is 1. The van der Waals surface area contributed by atoms with E-state index in [-0.39, 0.29) is 11.4 Å². The van der Waals surface area contributed by atoms with Gasteiger partial charge in [-0.15, -0.1) is 0 Å². The zero-order valence-electron chi connectivity index (χ0n) is 10.4. The van der Waals surface area contributed by atoms with Crippen molar-refractivity contribution in [1.29, 1.82) is 0 Å². The van der Waals surface area contributed by atoms with Gasteiger partial charge in [0.05, 0.1) is 0 Å². The molecule has 0 heterocycles. The van der Waals surface area contributed by atoms with Crippen LogP contribution >= 0.6 is 0 Å². The van der Waals surface area contributed by atoms with Crippen LogP contribution in [0.5, 0.6) is 0 Å². The lowest BCUT2D eigenvalue weighted by Crippen LogP contribution is -2.40. The van der Waals surface area contributed by atoms with Crippen molar-refractivity contribution < 1.29 is 9.53 Å². The number of hydrogen-bond acceptors (Lipinski definition) is 2. The summed E-state index contributed by atoms with van der Waals surface area (Å²) >= 11 is 0. The van der Waals surface area contributed by atoms with Crippen molar-refractivity contribution in [2.75, 3.05) is 26.8 Å². The summed E-state index contributed by atoms with van der Waals surface area (Å²) in [5.74, 6) is 0. The van der Waals surface area contributed by atoms with Crippen LogP contribution in [0.3, 0.4) is 0 Å². The molecular formula is C11H24N2O2. The molecule has 4 nitrogen and oxygen atoms in total. The maximum absolute atomic E-state index is 11.3. The number of carbonyl (C=O) groups excluding carboxylic acids is 1. The predicted octanol–water partition coefficient (Wildman–Crippen LogP) is 1.76. The first-order chi connectivity index (χ1) is 6.95. The van der Waals surface area contributed by atoms with E-state index in [0.717, 1.165) is 19.4 Å². The van der Waals surface area contributed by atoms with Crippen LogP contribution in [-0.2, 0) is 4.74 Å². The van der Waals surface area contributed by atoms with Gasteiger partial charge in [-0.1, -0.05) is 20.8 Å². The molecule has 0 aliphatic carbocycles. The Bertz CT molecular complexity index is 176. The van der Waals surface area contributed by atoms with Crippen LogP contribution in [0.1, 0.15) is 33.6 Å². The molecule has 0 aromatic carbocycles. The van der Waals surface area contributed by atoms with Crippen molar-refractivity contribution in [2.24, 2.45) is 5.41 Å². The second kappa shape index (κ2) is 7.51. The first-order valence-electron chi connectivity index (χ1n) is 5.46. The molecule has 0 fully saturated rings. The van der Waals surface area contributed by atoms with Crippen LogP contribution in [-0.4, -0.2) is 32.8 Å². The van der Waals surface area contributed by atoms with Gasteiger partial charge in [0.15, 0.2) is 0 Å². The number of nitrogens with one attached hydrogen (secondary N) is 2. The Morgan fingerprint density at radius 2 is 1.87 bits per heavy atom. The van der Waals surface area contributed by atoms with Crippen molar-refractivity contribution in [1.82, 2.24) is 10.6 Å². The Morgan fingerprint density at radius 1 is 1.20 bits per heavy atom. The molecule has 15 heavy (non-hydrogen) atoms. The molecule has 2 amide bonds. The van der Waals surface area contributed by atoms with E-state index in [4.69, 9.17) is 4.74 Å². The van der Waals surface area contributed by atoms with Gasteiger partial charge in [-0.2, -0.15) is 0 Å². The average molecular weight is 216 g/mol. The highest BCUT2D eigenvalue weighted by Crippen LogP contribution is 2.09. The number of rotatable bonds is 6. The number of methoxy groups -OCH3 is 1. The SMILES string of the molecule is COCCCCNC(=O)NCC(C)(C)C. The molecular weight excluding hydrogens is 192 g/mol. The lowest BCUT2D eigenvalue weighted by Gasteiger charge is -2.18. The maximum atomic E-state index is 11.3. The zero-order chi connectivity index (χ0) is 11.7. The van der Waals surface area contributed by atoms with E-state index in [1.807, 2.05) is 0 Å².